The summed E-state index contributed by atoms with van der Waals surface area (Å²) in [5.74, 6) is 0.929. The normalized spacial score (nSPS) is 14.3. The molecule has 108 valence electrons. The van der Waals surface area contributed by atoms with Crippen molar-refractivity contribution in [2.45, 2.75) is 50.7 Å². The largest absolute Gasteiger partial charge is 0.480 e. The third-order valence-electron chi connectivity index (χ3n) is 2.92. The standard InChI is InChI=1S/C12H22N4O2S/c1-4-13-12(3,10(17)18)7-5-6-8-19-11-14-9(2)15-16-11/h13H,4-8H2,1-3H3,(H,17,18)(H,14,15,16). The Kier molecular flexibility index (Phi) is 6.30. The summed E-state index contributed by atoms with van der Waals surface area (Å²) in [7, 11) is 0. The first-order valence-corrected chi connectivity index (χ1v) is 7.46. The van der Waals surface area contributed by atoms with E-state index in [1.54, 1.807) is 18.7 Å². The number of hydrogen-bond acceptors (Lipinski definition) is 5. The molecule has 0 bridgehead atoms. The lowest BCUT2D eigenvalue weighted by molar-refractivity contribution is -0.144. The molecule has 0 aliphatic heterocycles. The van der Waals surface area contributed by atoms with E-state index in [0.717, 1.165) is 29.6 Å². The molecule has 0 aliphatic rings. The van der Waals surface area contributed by atoms with Crippen molar-refractivity contribution < 1.29 is 9.90 Å². The number of aromatic amines is 1. The lowest BCUT2D eigenvalue weighted by Gasteiger charge is -2.25. The van der Waals surface area contributed by atoms with E-state index in [-0.39, 0.29) is 0 Å². The number of rotatable bonds is 9. The first-order valence-electron chi connectivity index (χ1n) is 6.48. The summed E-state index contributed by atoms with van der Waals surface area (Å²) in [4.78, 5) is 15.4. The van der Waals surface area contributed by atoms with Gasteiger partial charge in [-0.05, 0) is 33.2 Å². The molecular weight excluding hydrogens is 264 g/mol. The van der Waals surface area contributed by atoms with E-state index in [0.29, 0.717) is 13.0 Å². The molecule has 0 radical (unpaired) electrons. The van der Waals surface area contributed by atoms with E-state index < -0.39 is 11.5 Å². The number of likely N-dealkylation sites (N-methyl/N-ethyl adjacent to an activating group) is 1. The van der Waals surface area contributed by atoms with Crippen LogP contribution in [0, 0.1) is 6.92 Å². The number of carboxylic acid groups (broad SMARTS) is 1. The van der Waals surface area contributed by atoms with Gasteiger partial charge in [0, 0.05) is 5.75 Å². The van der Waals surface area contributed by atoms with Gasteiger partial charge in [0.15, 0.2) is 0 Å². The van der Waals surface area contributed by atoms with Crippen molar-refractivity contribution in [1.82, 2.24) is 20.5 Å². The van der Waals surface area contributed by atoms with Gasteiger partial charge in [-0.15, -0.1) is 5.10 Å². The topological polar surface area (TPSA) is 90.9 Å². The number of thioether (sulfide) groups is 1. The van der Waals surface area contributed by atoms with Crippen molar-refractivity contribution in [3.05, 3.63) is 5.82 Å². The second-order valence-corrected chi connectivity index (χ2v) is 5.74. The van der Waals surface area contributed by atoms with Crippen LogP contribution in [-0.4, -0.2) is 44.1 Å². The number of nitrogens with one attached hydrogen (secondary N) is 2. The maximum atomic E-state index is 11.2. The predicted molar refractivity (Wildman–Crippen MR) is 75.4 cm³/mol. The zero-order valence-corrected chi connectivity index (χ0v) is 12.5. The van der Waals surface area contributed by atoms with Gasteiger partial charge in [0.2, 0.25) is 5.16 Å². The highest BCUT2D eigenvalue weighted by atomic mass is 32.2. The number of aryl methyl sites for hydroxylation is 1. The molecule has 1 heterocycles. The number of carbonyl (C=O) groups is 1. The fourth-order valence-corrected chi connectivity index (χ4v) is 2.63. The Labute approximate surface area is 117 Å². The average molecular weight is 286 g/mol. The van der Waals surface area contributed by atoms with Crippen LogP contribution >= 0.6 is 11.8 Å². The van der Waals surface area contributed by atoms with Crippen LogP contribution in [0.15, 0.2) is 5.16 Å². The SMILES string of the molecule is CCNC(C)(CCCCSc1n[nH]c(C)n1)C(=O)O. The van der Waals surface area contributed by atoms with Crippen LogP contribution in [0.3, 0.4) is 0 Å². The highest BCUT2D eigenvalue weighted by Crippen LogP contribution is 2.18. The van der Waals surface area contributed by atoms with Gasteiger partial charge in [-0.1, -0.05) is 25.1 Å². The Morgan fingerprint density at radius 2 is 2.26 bits per heavy atom. The Morgan fingerprint density at radius 3 is 2.79 bits per heavy atom. The van der Waals surface area contributed by atoms with E-state index in [1.165, 1.54) is 0 Å². The molecule has 1 rings (SSSR count). The molecule has 1 unspecified atom stereocenters. The molecule has 6 nitrogen and oxygen atoms in total. The zero-order valence-electron chi connectivity index (χ0n) is 11.7. The van der Waals surface area contributed by atoms with Crippen LogP contribution in [0.4, 0.5) is 0 Å². The Bertz CT molecular complexity index is 410. The van der Waals surface area contributed by atoms with Gasteiger partial charge in [-0.3, -0.25) is 9.89 Å². The van der Waals surface area contributed by atoms with Crippen molar-refractivity contribution >= 4 is 17.7 Å². The lowest BCUT2D eigenvalue weighted by atomic mass is 9.95. The number of carboxylic acids is 1. The molecule has 1 atom stereocenters. The number of nitrogens with zero attached hydrogens (tertiary/aromatic N) is 2. The second-order valence-electron chi connectivity index (χ2n) is 4.68. The highest BCUT2D eigenvalue weighted by Gasteiger charge is 2.30. The molecule has 0 spiro atoms. The third kappa shape index (κ3) is 5.20. The van der Waals surface area contributed by atoms with E-state index >= 15 is 0 Å². The maximum Gasteiger partial charge on any atom is 0.323 e. The summed E-state index contributed by atoms with van der Waals surface area (Å²) in [6.45, 7) is 6.19. The van der Waals surface area contributed by atoms with Crippen molar-refractivity contribution in [3.63, 3.8) is 0 Å². The fraction of sp³-hybridized carbons (Fsp3) is 0.750. The second kappa shape index (κ2) is 7.49. The number of aromatic nitrogens is 3. The van der Waals surface area contributed by atoms with Crippen molar-refractivity contribution in [2.75, 3.05) is 12.3 Å². The van der Waals surface area contributed by atoms with Crippen LogP contribution in [0.1, 0.15) is 38.9 Å². The predicted octanol–water partition coefficient (Wildman–Crippen LogP) is 1.83. The quantitative estimate of drug-likeness (QED) is 0.474. The summed E-state index contributed by atoms with van der Waals surface area (Å²) in [6.07, 6.45) is 2.45. The van der Waals surface area contributed by atoms with Crippen LogP contribution < -0.4 is 5.32 Å². The van der Waals surface area contributed by atoms with Crippen molar-refractivity contribution in [3.8, 4) is 0 Å². The van der Waals surface area contributed by atoms with Crippen molar-refractivity contribution in [1.29, 1.82) is 0 Å². The zero-order chi connectivity index (χ0) is 14.3. The molecule has 0 amide bonds. The van der Waals surface area contributed by atoms with Crippen LogP contribution in [-0.2, 0) is 4.79 Å². The van der Waals surface area contributed by atoms with Gasteiger partial charge >= 0.3 is 5.97 Å². The van der Waals surface area contributed by atoms with Gasteiger partial charge in [-0.2, -0.15) is 0 Å². The van der Waals surface area contributed by atoms with E-state index in [4.69, 9.17) is 0 Å². The van der Waals surface area contributed by atoms with Crippen LogP contribution in [0.25, 0.3) is 0 Å². The summed E-state index contributed by atoms with van der Waals surface area (Å²) < 4.78 is 0. The summed E-state index contributed by atoms with van der Waals surface area (Å²) in [6, 6.07) is 0. The highest BCUT2D eigenvalue weighted by molar-refractivity contribution is 7.99. The van der Waals surface area contributed by atoms with Crippen LogP contribution in [0.5, 0.6) is 0 Å². The smallest absolute Gasteiger partial charge is 0.323 e. The van der Waals surface area contributed by atoms with Crippen molar-refractivity contribution in [2.24, 2.45) is 0 Å². The van der Waals surface area contributed by atoms with Crippen LogP contribution in [0.2, 0.25) is 0 Å². The molecular formula is C12H22N4O2S. The van der Waals surface area contributed by atoms with Gasteiger partial charge in [0.25, 0.3) is 0 Å². The molecule has 3 N–H and O–H groups in total. The minimum absolute atomic E-state index is 0.629. The number of hydrogen-bond donors (Lipinski definition) is 3. The first-order chi connectivity index (χ1) is 8.98. The van der Waals surface area contributed by atoms with E-state index in [1.807, 2.05) is 13.8 Å². The maximum absolute atomic E-state index is 11.2. The van der Waals surface area contributed by atoms with Gasteiger partial charge in [0.05, 0.1) is 0 Å². The Morgan fingerprint density at radius 1 is 1.53 bits per heavy atom. The van der Waals surface area contributed by atoms with E-state index in [9.17, 15) is 9.90 Å². The van der Waals surface area contributed by atoms with Gasteiger partial charge < -0.3 is 10.4 Å². The third-order valence-corrected chi connectivity index (χ3v) is 3.85. The molecule has 7 heteroatoms. The first kappa shape index (κ1) is 16.0. The molecule has 0 aromatic carbocycles. The number of aliphatic carboxylic acids is 1. The van der Waals surface area contributed by atoms with Gasteiger partial charge in [-0.25, -0.2) is 4.98 Å². The summed E-state index contributed by atoms with van der Waals surface area (Å²) >= 11 is 1.59. The fourth-order valence-electron chi connectivity index (χ4n) is 1.79. The molecule has 19 heavy (non-hydrogen) atoms. The molecule has 0 fully saturated rings. The average Bonchev–Trinajstić information content (AvgIpc) is 2.75. The Balaban J connectivity index is 2.24. The molecule has 0 aliphatic carbocycles. The number of unbranched alkanes of at least 4 members (excludes halogenated alkanes) is 1. The minimum Gasteiger partial charge on any atom is -0.480 e. The molecule has 0 saturated carbocycles. The molecule has 1 aromatic rings. The van der Waals surface area contributed by atoms with E-state index in [2.05, 4.69) is 20.5 Å². The lowest BCUT2D eigenvalue weighted by Crippen LogP contribution is -2.49. The number of H-pyrrole nitrogens is 1. The monoisotopic (exact) mass is 286 g/mol. The minimum atomic E-state index is -0.819. The molecule has 0 saturated heterocycles. The molecule has 1 aromatic heterocycles. The summed E-state index contributed by atoms with van der Waals surface area (Å²) in [5.41, 5.74) is -0.819. The van der Waals surface area contributed by atoms with Gasteiger partial charge in [0.1, 0.15) is 11.4 Å². The summed E-state index contributed by atoms with van der Waals surface area (Å²) in [5, 5.41) is 19.8. The Hall–Kier alpha value is -1.08.